The number of rotatable bonds is 6. The van der Waals surface area contributed by atoms with Gasteiger partial charge in [0.05, 0.1) is 6.61 Å². The summed E-state index contributed by atoms with van der Waals surface area (Å²) in [5.74, 6) is 0.977. The molecule has 0 unspecified atom stereocenters. The van der Waals surface area contributed by atoms with Crippen molar-refractivity contribution >= 4 is 0 Å². The van der Waals surface area contributed by atoms with Crippen LogP contribution in [-0.4, -0.2) is 13.2 Å². The van der Waals surface area contributed by atoms with E-state index in [1.54, 1.807) is 0 Å². The Kier molecular flexibility index (Phi) is 5.49. The first-order valence-corrected chi connectivity index (χ1v) is 6.47. The third-order valence-corrected chi connectivity index (χ3v) is 2.82. The molecule has 2 N–H and O–H groups in total. The number of hydrogen-bond acceptors (Lipinski definition) is 2. The van der Waals surface area contributed by atoms with Gasteiger partial charge >= 0.3 is 0 Å². The molecule has 2 heteroatoms. The largest absolute Gasteiger partial charge is 0.494 e. The summed E-state index contributed by atoms with van der Waals surface area (Å²) < 4.78 is 5.75. The molecule has 0 fully saturated rings. The van der Waals surface area contributed by atoms with Crippen LogP contribution in [0.25, 0.3) is 0 Å². The van der Waals surface area contributed by atoms with Gasteiger partial charge in [0.15, 0.2) is 0 Å². The van der Waals surface area contributed by atoms with E-state index in [1.165, 1.54) is 5.56 Å². The van der Waals surface area contributed by atoms with E-state index in [0.717, 1.165) is 38.2 Å². The zero-order valence-electron chi connectivity index (χ0n) is 11.3. The molecule has 0 aliphatic rings. The number of benzene rings is 1. The molecule has 0 aromatic heterocycles. The highest BCUT2D eigenvalue weighted by molar-refractivity contribution is 5.32. The Labute approximate surface area is 105 Å². The van der Waals surface area contributed by atoms with Gasteiger partial charge < -0.3 is 10.5 Å². The maximum Gasteiger partial charge on any atom is 0.119 e. The van der Waals surface area contributed by atoms with Gasteiger partial charge in [0, 0.05) is 0 Å². The van der Waals surface area contributed by atoms with E-state index in [0.29, 0.717) is 0 Å². The second kappa shape index (κ2) is 6.65. The highest BCUT2D eigenvalue weighted by Gasteiger charge is 2.13. The van der Waals surface area contributed by atoms with Crippen molar-refractivity contribution in [2.24, 2.45) is 5.73 Å². The molecule has 0 heterocycles. The molecule has 0 bridgehead atoms. The first-order chi connectivity index (χ1) is 8.04. The Hall–Kier alpha value is -1.02. The van der Waals surface area contributed by atoms with E-state index in [4.69, 9.17) is 10.5 Å². The lowest BCUT2D eigenvalue weighted by Crippen LogP contribution is -2.11. The molecule has 0 saturated carbocycles. The maximum atomic E-state index is 5.75. The molecule has 0 aliphatic carbocycles. The zero-order chi connectivity index (χ0) is 12.7. The van der Waals surface area contributed by atoms with Gasteiger partial charge in [-0.05, 0) is 48.9 Å². The topological polar surface area (TPSA) is 35.2 Å². The number of ether oxygens (including phenoxy) is 1. The van der Waals surface area contributed by atoms with E-state index in [-0.39, 0.29) is 5.41 Å². The summed E-state index contributed by atoms with van der Waals surface area (Å²) >= 11 is 0. The fraction of sp³-hybridized carbons (Fsp3) is 0.600. The predicted molar refractivity (Wildman–Crippen MR) is 73.5 cm³/mol. The fourth-order valence-electron chi connectivity index (χ4n) is 1.67. The minimum absolute atomic E-state index is 0.179. The summed E-state index contributed by atoms with van der Waals surface area (Å²) in [6, 6.07) is 8.39. The molecule has 17 heavy (non-hydrogen) atoms. The standard InChI is InChI=1S/C15H25NO/c1-15(2,3)13-8-7-9-14(12-13)17-11-6-4-5-10-16/h7-9,12H,4-6,10-11,16H2,1-3H3. The maximum absolute atomic E-state index is 5.75. The van der Waals surface area contributed by atoms with E-state index in [1.807, 2.05) is 6.07 Å². The Morgan fingerprint density at radius 1 is 1.12 bits per heavy atom. The lowest BCUT2D eigenvalue weighted by Gasteiger charge is -2.19. The average Bonchev–Trinajstić information content (AvgIpc) is 2.28. The van der Waals surface area contributed by atoms with Gasteiger partial charge in [-0.2, -0.15) is 0 Å². The van der Waals surface area contributed by atoms with Gasteiger partial charge in [-0.3, -0.25) is 0 Å². The van der Waals surface area contributed by atoms with Gasteiger partial charge in [0.1, 0.15) is 5.75 Å². The Balaban J connectivity index is 2.44. The quantitative estimate of drug-likeness (QED) is 0.766. The fourth-order valence-corrected chi connectivity index (χ4v) is 1.67. The first kappa shape index (κ1) is 14.0. The molecule has 96 valence electrons. The summed E-state index contributed by atoms with van der Waals surface area (Å²) in [6.07, 6.45) is 3.32. The van der Waals surface area contributed by atoms with Gasteiger partial charge in [-0.25, -0.2) is 0 Å². The highest BCUT2D eigenvalue weighted by Crippen LogP contribution is 2.25. The minimum atomic E-state index is 0.179. The molecule has 0 aliphatic heterocycles. The molecular formula is C15H25NO. The molecule has 1 aromatic carbocycles. The summed E-state index contributed by atoms with van der Waals surface area (Å²) in [6.45, 7) is 8.21. The van der Waals surface area contributed by atoms with Crippen LogP contribution >= 0.6 is 0 Å². The van der Waals surface area contributed by atoms with Crippen molar-refractivity contribution in [3.63, 3.8) is 0 Å². The molecule has 2 nitrogen and oxygen atoms in total. The van der Waals surface area contributed by atoms with Crippen molar-refractivity contribution in [2.45, 2.75) is 45.4 Å². The molecular weight excluding hydrogens is 210 g/mol. The van der Waals surface area contributed by atoms with Gasteiger partial charge in [0.25, 0.3) is 0 Å². The second-order valence-electron chi connectivity index (χ2n) is 5.48. The van der Waals surface area contributed by atoms with Crippen molar-refractivity contribution in [3.8, 4) is 5.75 Å². The summed E-state index contributed by atoms with van der Waals surface area (Å²) in [5.41, 5.74) is 6.94. The van der Waals surface area contributed by atoms with E-state index in [9.17, 15) is 0 Å². The van der Waals surface area contributed by atoms with Crippen LogP contribution in [0, 0.1) is 0 Å². The van der Waals surface area contributed by atoms with Gasteiger partial charge in [-0.1, -0.05) is 32.9 Å². The van der Waals surface area contributed by atoms with E-state index < -0.39 is 0 Å². The first-order valence-electron chi connectivity index (χ1n) is 6.47. The molecule has 1 aromatic rings. The van der Waals surface area contributed by atoms with Crippen LogP contribution in [0.15, 0.2) is 24.3 Å². The van der Waals surface area contributed by atoms with Crippen molar-refractivity contribution < 1.29 is 4.74 Å². The van der Waals surface area contributed by atoms with Gasteiger partial charge in [-0.15, -0.1) is 0 Å². The summed E-state index contributed by atoms with van der Waals surface area (Å²) in [7, 11) is 0. The monoisotopic (exact) mass is 235 g/mol. The molecule has 0 atom stereocenters. The molecule has 0 saturated heterocycles. The lowest BCUT2D eigenvalue weighted by atomic mass is 9.87. The highest BCUT2D eigenvalue weighted by atomic mass is 16.5. The normalized spacial score (nSPS) is 11.5. The summed E-state index contributed by atoms with van der Waals surface area (Å²) in [4.78, 5) is 0. The van der Waals surface area contributed by atoms with Crippen molar-refractivity contribution in [1.29, 1.82) is 0 Å². The third-order valence-electron chi connectivity index (χ3n) is 2.82. The smallest absolute Gasteiger partial charge is 0.119 e. The molecule has 0 spiro atoms. The third kappa shape index (κ3) is 5.22. The second-order valence-corrected chi connectivity index (χ2v) is 5.48. The molecule has 0 radical (unpaired) electrons. The average molecular weight is 235 g/mol. The van der Waals surface area contributed by atoms with Crippen molar-refractivity contribution in [2.75, 3.05) is 13.2 Å². The Bertz CT molecular complexity index is 328. The van der Waals surface area contributed by atoms with E-state index >= 15 is 0 Å². The molecule has 1 rings (SSSR count). The predicted octanol–water partition coefficient (Wildman–Crippen LogP) is 3.49. The van der Waals surface area contributed by atoms with Gasteiger partial charge in [0.2, 0.25) is 0 Å². The SMILES string of the molecule is CC(C)(C)c1cccc(OCCCCCN)c1. The van der Waals surface area contributed by atoms with E-state index in [2.05, 4.69) is 39.0 Å². The number of unbranched alkanes of at least 4 members (excludes halogenated alkanes) is 2. The van der Waals surface area contributed by atoms with Crippen molar-refractivity contribution in [3.05, 3.63) is 29.8 Å². The van der Waals surface area contributed by atoms with Crippen LogP contribution in [0.3, 0.4) is 0 Å². The number of hydrogen-bond donors (Lipinski definition) is 1. The Morgan fingerprint density at radius 3 is 2.53 bits per heavy atom. The summed E-state index contributed by atoms with van der Waals surface area (Å²) in [5, 5.41) is 0. The van der Waals surface area contributed by atoms with Crippen LogP contribution in [0.5, 0.6) is 5.75 Å². The number of nitrogens with two attached hydrogens (primary N) is 1. The minimum Gasteiger partial charge on any atom is -0.494 e. The van der Waals surface area contributed by atoms with Crippen LogP contribution in [0.4, 0.5) is 0 Å². The zero-order valence-corrected chi connectivity index (χ0v) is 11.3. The lowest BCUT2D eigenvalue weighted by molar-refractivity contribution is 0.305. The van der Waals surface area contributed by atoms with Crippen molar-refractivity contribution in [1.82, 2.24) is 0 Å². The van der Waals surface area contributed by atoms with Crippen LogP contribution < -0.4 is 10.5 Å². The Morgan fingerprint density at radius 2 is 1.88 bits per heavy atom. The van der Waals surface area contributed by atoms with Crippen LogP contribution in [0.1, 0.15) is 45.6 Å². The molecule has 0 amide bonds. The van der Waals surface area contributed by atoms with Crippen LogP contribution in [0.2, 0.25) is 0 Å². The van der Waals surface area contributed by atoms with Crippen LogP contribution in [-0.2, 0) is 5.41 Å².